The van der Waals surface area contributed by atoms with Crippen LogP contribution in [0.1, 0.15) is 10.8 Å². The van der Waals surface area contributed by atoms with Gasteiger partial charge in [0.15, 0.2) is 0 Å². The molecule has 0 aliphatic rings. The topological polar surface area (TPSA) is 93.9 Å². The minimum absolute atomic E-state index is 0.0100. The highest BCUT2D eigenvalue weighted by molar-refractivity contribution is 7.92. The summed E-state index contributed by atoms with van der Waals surface area (Å²) in [5.74, 6) is -0.373. The van der Waals surface area contributed by atoms with E-state index in [0.29, 0.717) is 32.6 Å². The van der Waals surface area contributed by atoms with E-state index < -0.39 is 15.8 Å². The van der Waals surface area contributed by atoms with Crippen molar-refractivity contribution < 1.29 is 12.8 Å². The van der Waals surface area contributed by atoms with E-state index in [9.17, 15) is 17.6 Å². The van der Waals surface area contributed by atoms with Gasteiger partial charge in [0.2, 0.25) is 0 Å². The summed E-state index contributed by atoms with van der Waals surface area (Å²) in [4.78, 5) is 21.8. The van der Waals surface area contributed by atoms with Crippen LogP contribution in [0.25, 0.3) is 26.8 Å². The molecule has 0 aliphatic heterocycles. The van der Waals surface area contributed by atoms with E-state index in [0.717, 1.165) is 11.1 Å². The molecule has 2 heterocycles. The van der Waals surface area contributed by atoms with E-state index in [-0.39, 0.29) is 16.1 Å². The molecule has 33 heavy (non-hydrogen) atoms. The lowest BCUT2D eigenvalue weighted by atomic mass is 10.2. The lowest BCUT2D eigenvalue weighted by Crippen LogP contribution is -2.22. The number of hydrogen-bond donors (Lipinski definition) is 1. The Balaban J connectivity index is 1.58. The smallest absolute Gasteiger partial charge is 0.265 e. The minimum Gasteiger partial charge on any atom is -0.277 e. The molecule has 0 amide bonds. The number of hydrogen-bond acceptors (Lipinski definition) is 6. The Morgan fingerprint density at radius 3 is 2.58 bits per heavy atom. The molecule has 0 fully saturated rings. The summed E-state index contributed by atoms with van der Waals surface area (Å²) < 4.78 is 44.9. The zero-order valence-electron chi connectivity index (χ0n) is 17.5. The van der Waals surface area contributed by atoms with Crippen LogP contribution in [0.15, 0.2) is 70.4 Å². The number of anilines is 1. The van der Waals surface area contributed by atoms with Gasteiger partial charge in [-0.25, -0.2) is 22.8 Å². The molecular weight excluding hydrogens is 463 g/mol. The van der Waals surface area contributed by atoms with Gasteiger partial charge in [0.05, 0.1) is 42.4 Å². The Kier molecular flexibility index (Phi) is 4.98. The zero-order valence-corrected chi connectivity index (χ0v) is 19.2. The van der Waals surface area contributed by atoms with Crippen molar-refractivity contribution in [1.29, 1.82) is 0 Å². The fraction of sp³-hybridized carbons (Fsp3) is 0.0870. The van der Waals surface area contributed by atoms with Gasteiger partial charge in [0.1, 0.15) is 11.6 Å². The number of rotatable bonds is 4. The molecule has 0 saturated heterocycles. The maximum atomic E-state index is 14.6. The summed E-state index contributed by atoms with van der Waals surface area (Å²) >= 11 is 1.37. The summed E-state index contributed by atoms with van der Waals surface area (Å²) in [5, 5.41) is 1.22. The van der Waals surface area contributed by atoms with Crippen LogP contribution >= 0.6 is 11.3 Å². The van der Waals surface area contributed by atoms with Crippen molar-refractivity contribution in [1.82, 2.24) is 14.5 Å². The predicted octanol–water partition coefficient (Wildman–Crippen LogP) is 4.55. The highest BCUT2D eigenvalue weighted by Gasteiger charge is 2.19. The molecule has 1 N–H and O–H groups in total. The van der Waals surface area contributed by atoms with Gasteiger partial charge in [-0.15, -0.1) is 11.3 Å². The Bertz CT molecular complexity index is 1730. The molecule has 2 aromatic heterocycles. The summed E-state index contributed by atoms with van der Waals surface area (Å²) in [7, 11) is -4.09. The number of aromatic nitrogens is 3. The van der Waals surface area contributed by atoms with Crippen molar-refractivity contribution in [3.8, 4) is 5.69 Å². The summed E-state index contributed by atoms with van der Waals surface area (Å²) in [6.45, 7) is 3.50. The van der Waals surface area contributed by atoms with Crippen LogP contribution in [0.2, 0.25) is 0 Å². The molecule has 3 aromatic carbocycles. The number of halogens is 1. The Hall–Kier alpha value is -3.63. The molecule has 10 heteroatoms. The van der Waals surface area contributed by atoms with E-state index in [1.54, 1.807) is 37.3 Å². The van der Waals surface area contributed by atoms with E-state index in [4.69, 9.17) is 0 Å². The van der Waals surface area contributed by atoms with Gasteiger partial charge in [-0.3, -0.25) is 14.1 Å². The fourth-order valence-corrected chi connectivity index (χ4v) is 5.69. The number of nitrogens with zero attached hydrogens (tertiary/aromatic N) is 3. The third-order valence-electron chi connectivity index (χ3n) is 5.17. The largest absolute Gasteiger partial charge is 0.277 e. The third kappa shape index (κ3) is 3.77. The summed E-state index contributed by atoms with van der Waals surface area (Å²) in [6.07, 6.45) is 0. The first-order chi connectivity index (χ1) is 15.7. The lowest BCUT2D eigenvalue weighted by molar-refractivity contribution is 0.598. The first kappa shape index (κ1) is 21.2. The number of aryl methyl sites for hydroxylation is 2. The lowest BCUT2D eigenvalue weighted by Gasteiger charge is -2.14. The second kappa shape index (κ2) is 7.75. The van der Waals surface area contributed by atoms with Gasteiger partial charge in [-0.2, -0.15) is 0 Å². The molecule has 0 unspecified atom stereocenters. The van der Waals surface area contributed by atoms with Gasteiger partial charge in [0, 0.05) is 0 Å². The Labute approximate surface area is 192 Å². The molecule has 5 rings (SSSR count). The van der Waals surface area contributed by atoms with Crippen LogP contribution in [-0.2, 0) is 10.0 Å². The van der Waals surface area contributed by atoms with Crippen molar-refractivity contribution >= 4 is 48.2 Å². The van der Waals surface area contributed by atoms with Crippen molar-refractivity contribution in [2.24, 2.45) is 0 Å². The predicted molar refractivity (Wildman–Crippen MR) is 127 cm³/mol. The Morgan fingerprint density at radius 1 is 0.970 bits per heavy atom. The van der Waals surface area contributed by atoms with Gasteiger partial charge < -0.3 is 0 Å². The first-order valence-electron chi connectivity index (χ1n) is 9.91. The molecule has 0 aliphatic carbocycles. The Morgan fingerprint density at radius 2 is 1.76 bits per heavy atom. The number of para-hydroxylation sites is 1. The zero-order chi connectivity index (χ0) is 23.3. The number of benzene rings is 3. The van der Waals surface area contributed by atoms with E-state index >= 15 is 0 Å². The summed E-state index contributed by atoms with van der Waals surface area (Å²) in [6, 6.07) is 15.3. The van der Waals surface area contributed by atoms with Gasteiger partial charge >= 0.3 is 0 Å². The SMILES string of the molecule is Cc1nc2ccc(S(=O)(=O)Nc3cc(-n4c(C)nc5ccccc5c4=O)ccc3F)cc2s1. The van der Waals surface area contributed by atoms with E-state index in [1.165, 1.54) is 40.2 Å². The number of fused-ring (bicyclic) bond motifs is 2. The van der Waals surface area contributed by atoms with E-state index in [2.05, 4.69) is 14.7 Å². The molecule has 0 atom stereocenters. The number of thiazole rings is 1. The quantitative estimate of drug-likeness (QED) is 0.407. The average Bonchev–Trinajstić information content (AvgIpc) is 3.15. The molecule has 0 bridgehead atoms. The second-order valence-corrected chi connectivity index (χ2v) is 10.4. The molecule has 7 nitrogen and oxygen atoms in total. The van der Waals surface area contributed by atoms with Crippen molar-refractivity contribution in [3.63, 3.8) is 0 Å². The maximum absolute atomic E-state index is 14.6. The summed E-state index contributed by atoms with van der Waals surface area (Å²) in [5.41, 5.74) is 0.941. The van der Waals surface area contributed by atoms with E-state index in [1.807, 2.05) is 6.92 Å². The van der Waals surface area contributed by atoms with Crippen molar-refractivity contribution in [2.45, 2.75) is 18.7 Å². The normalized spacial score (nSPS) is 11.8. The highest BCUT2D eigenvalue weighted by atomic mass is 32.2. The van der Waals surface area contributed by atoms with Gasteiger partial charge in [0.25, 0.3) is 15.6 Å². The average molecular weight is 481 g/mol. The number of nitrogens with one attached hydrogen (secondary N) is 1. The van der Waals surface area contributed by atoms with Crippen LogP contribution in [-0.4, -0.2) is 23.0 Å². The van der Waals surface area contributed by atoms with Crippen LogP contribution in [0, 0.1) is 19.7 Å². The molecule has 5 aromatic rings. The van der Waals surface area contributed by atoms with Crippen LogP contribution in [0.3, 0.4) is 0 Å². The molecular formula is C23H17FN4O3S2. The molecule has 166 valence electrons. The molecule has 0 saturated carbocycles. The standard InChI is InChI=1S/C23H17FN4O3S2/c1-13-25-19-6-4-3-5-17(19)23(29)28(13)15-7-9-18(24)21(11-15)27-33(30,31)16-8-10-20-22(12-16)32-14(2)26-20/h3-12,27H,1-2H3. The van der Waals surface area contributed by atoms with Crippen LogP contribution in [0.5, 0.6) is 0 Å². The monoisotopic (exact) mass is 480 g/mol. The van der Waals surface area contributed by atoms with Crippen LogP contribution < -0.4 is 10.3 Å². The number of sulfonamides is 1. The second-order valence-electron chi connectivity index (χ2n) is 7.45. The molecule has 0 radical (unpaired) electrons. The van der Waals surface area contributed by atoms with Gasteiger partial charge in [-0.1, -0.05) is 12.1 Å². The fourth-order valence-electron chi connectivity index (χ4n) is 3.67. The van der Waals surface area contributed by atoms with Crippen LogP contribution in [0.4, 0.5) is 10.1 Å². The maximum Gasteiger partial charge on any atom is 0.265 e. The highest BCUT2D eigenvalue weighted by Crippen LogP contribution is 2.27. The third-order valence-corrected chi connectivity index (χ3v) is 7.47. The van der Waals surface area contributed by atoms with Crippen molar-refractivity contribution in [2.75, 3.05) is 4.72 Å². The van der Waals surface area contributed by atoms with Gasteiger partial charge in [-0.05, 0) is 62.4 Å². The first-order valence-corrected chi connectivity index (χ1v) is 12.2. The van der Waals surface area contributed by atoms with Crippen molar-refractivity contribution in [3.05, 3.63) is 87.7 Å². The molecule has 0 spiro atoms. The minimum atomic E-state index is -4.09.